The third-order valence-corrected chi connectivity index (χ3v) is 4.43. The van der Waals surface area contributed by atoms with Crippen molar-refractivity contribution in [3.63, 3.8) is 0 Å². The predicted molar refractivity (Wildman–Crippen MR) is 96.6 cm³/mol. The Morgan fingerprint density at radius 1 is 1.17 bits per heavy atom. The molecule has 0 saturated heterocycles. The van der Waals surface area contributed by atoms with Gasteiger partial charge in [-0.2, -0.15) is 0 Å². The molecule has 0 spiro atoms. The van der Waals surface area contributed by atoms with E-state index in [1.54, 1.807) is 0 Å². The van der Waals surface area contributed by atoms with Crippen molar-refractivity contribution in [2.24, 2.45) is 0 Å². The van der Waals surface area contributed by atoms with Crippen LogP contribution in [-0.2, 0) is 9.53 Å². The topological polar surface area (TPSA) is 50.8 Å². The number of rotatable bonds is 9. The minimum atomic E-state index is 0.0353. The van der Waals surface area contributed by atoms with E-state index in [9.17, 15) is 4.79 Å². The normalized spacial score (nSPS) is 15.5. The van der Waals surface area contributed by atoms with Gasteiger partial charge in [0, 0.05) is 18.3 Å². The van der Waals surface area contributed by atoms with Crippen LogP contribution in [-0.4, -0.2) is 50.3 Å². The standard InChI is InChI=1S/C19H30N2O3/c1-3-23-13-14-24-18-11-9-16(10-12-18)20-19(22)15-21(2)17-7-5-4-6-8-17/h9-12,17H,3-8,13-15H2,1-2H3,(H,20,22). The second kappa shape index (κ2) is 10.3. The van der Waals surface area contributed by atoms with Crippen molar-refractivity contribution in [2.45, 2.75) is 45.1 Å². The Morgan fingerprint density at radius 2 is 1.88 bits per heavy atom. The van der Waals surface area contributed by atoms with Gasteiger partial charge in [-0.3, -0.25) is 9.69 Å². The third-order valence-electron chi connectivity index (χ3n) is 4.43. The quantitative estimate of drug-likeness (QED) is 0.704. The largest absolute Gasteiger partial charge is 0.491 e. The molecule has 0 radical (unpaired) electrons. The Morgan fingerprint density at radius 3 is 2.54 bits per heavy atom. The van der Waals surface area contributed by atoms with Crippen molar-refractivity contribution < 1.29 is 14.3 Å². The fourth-order valence-corrected chi connectivity index (χ4v) is 3.08. The number of nitrogens with one attached hydrogen (secondary N) is 1. The summed E-state index contributed by atoms with van der Waals surface area (Å²) in [6, 6.07) is 8.02. The fraction of sp³-hybridized carbons (Fsp3) is 0.632. The number of carbonyl (C=O) groups is 1. The zero-order valence-electron chi connectivity index (χ0n) is 14.9. The van der Waals surface area contributed by atoms with Crippen LogP contribution in [0.2, 0.25) is 0 Å². The van der Waals surface area contributed by atoms with Gasteiger partial charge in [0.05, 0.1) is 13.2 Å². The number of amides is 1. The van der Waals surface area contributed by atoms with E-state index >= 15 is 0 Å². The van der Waals surface area contributed by atoms with Gasteiger partial charge < -0.3 is 14.8 Å². The van der Waals surface area contributed by atoms with Crippen LogP contribution in [0.3, 0.4) is 0 Å². The first kappa shape index (κ1) is 18.7. The third kappa shape index (κ3) is 6.49. The maximum absolute atomic E-state index is 12.2. The number of hydrogen-bond donors (Lipinski definition) is 1. The van der Waals surface area contributed by atoms with Crippen molar-refractivity contribution in [1.29, 1.82) is 0 Å². The van der Waals surface area contributed by atoms with Crippen molar-refractivity contribution >= 4 is 11.6 Å². The molecule has 1 saturated carbocycles. The summed E-state index contributed by atoms with van der Waals surface area (Å²) < 4.78 is 10.8. The molecule has 1 aromatic rings. The number of ether oxygens (including phenoxy) is 2. The Balaban J connectivity index is 1.72. The summed E-state index contributed by atoms with van der Waals surface area (Å²) in [4.78, 5) is 14.4. The molecular weight excluding hydrogens is 304 g/mol. The van der Waals surface area contributed by atoms with Crippen LogP contribution in [0.15, 0.2) is 24.3 Å². The summed E-state index contributed by atoms with van der Waals surface area (Å²) in [7, 11) is 2.05. The highest BCUT2D eigenvalue weighted by atomic mass is 16.5. The molecule has 5 nitrogen and oxygen atoms in total. The zero-order chi connectivity index (χ0) is 17.2. The SMILES string of the molecule is CCOCCOc1ccc(NC(=O)CN(C)C2CCCCC2)cc1. The lowest BCUT2D eigenvalue weighted by Crippen LogP contribution is -2.39. The maximum atomic E-state index is 12.2. The molecule has 1 aliphatic rings. The van der Waals surface area contributed by atoms with E-state index in [2.05, 4.69) is 10.2 Å². The molecule has 0 bridgehead atoms. The van der Waals surface area contributed by atoms with E-state index in [-0.39, 0.29) is 5.91 Å². The number of nitrogens with zero attached hydrogens (tertiary/aromatic N) is 1. The van der Waals surface area contributed by atoms with Gasteiger partial charge in [0.2, 0.25) is 5.91 Å². The van der Waals surface area contributed by atoms with E-state index in [0.717, 1.165) is 11.4 Å². The number of likely N-dealkylation sites (N-methyl/N-ethyl adjacent to an activating group) is 1. The molecule has 2 rings (SSSR count). The van der Waals surface area contributed by atoms with Crippen LogP contribution in [0.5, 0.6) is 5.75 Å². The molecule has 134 valence electrons. The Bertz CT molecular complexity index is 484. The summed E-state index contributed by atoms with van der Waals surface area (Å²) >= 11 is 0. The molecule has 1 N–H and O–H groups in total. The molecule has 0 unspecified atom stereocenters. The number of anilines is 1. The average Bonchev–Trinajstić information content (AvgIpc) is 2.61. The molecule has 0 aromatic heterocycles. The van der Waals surface area contributed by atoms with Crippen LogP contribution in [0, 0.1) is 0 Å². The molecule has 5 heteroatoms. The lowest BCUT2D eigenvalue weighted by atomic mass is 9.94. The smallest absolute Gasteiger partial charge is 0.238 e. The van der Waals surface area contributed by atoms with Gasteiger partial charge in [0.15, 0.2) is 0 Å². The molecular formula is C19H30N2O3. The Hall–Kier alpha value is -1.59. The molecule has 1 aliphatic carbocycles. The lowest BCUT2D eigenvalue weighted by molar-refractivity contribution is -0.117. The number of hydrogen-bond acceptors (Lipinski definition) is 4. The van der Waals surface area contributed by atoms with E-state index in [1.165, 1.54) is 32.1 Å². The maximum Gasteiger partial charge on any atom is 0.238 e. The monoisotopic (exact) mass is 334 g/mol. The molecule has 1 aromatic carbocycles. The van der Waals surface area contributed by atoms with Gasteiger partial charge in [-0.1, -0.05) is 19.3 Å². The minimum absolute atomic E-state index is 0.0353. The summed E-state index contributed by atoms with van der Waals surface area (Å²) in [6.45, 7) is 4.22. The van der Waals surface area contributed by atoms with E-state index in [1.807, 2.05) is 38.2 Å². The second-order valence-electron chi connectivity index (χ2n) is 6.32. The first-order chi connectivity index (χ1) is 11.7. The molecule has 1 amide bonds. The summed E-state index contributed by atoms with van der Waals surface area (Å²) in [5.41, 5.74) is 0.800. The fourth-order valence-electron chi connectivity index (χ4n) is 3.08. The van der Waals surface area contributed by atoms with Gasteiger partial charge in [-0.15, -0.1) is 0 Å². The van der Waals surface area contributed by atoms with Gasteiger partial charge in [0.25, 0.3) is 0 Å². The second-order valence-corrected chi connectivity index (χ2v) is 6.32. The molecule has 0 aliphatic heterocycles. The molecule has 0 atom stereocenters. The highest BCUT2D eigenvalue weighted by Crippen LogP contribution is 2.21. The zero-order valence-corrected chi connectivity index (χ0v) is 14.9. The number of benzene rings is 1. The van der Waals surface area contributed by atoms with Gasteiger partial charge in [-0.05, 0) is 51.1 Å². The van der Waals surface area contributed by atoms with Gasteiger partial charge in [-0.25, -0.2) is 0 Å². The predicted octanol–water partition coefficient (Wildman–Crippen LogP) is 3.30. The van der Waals surface area contributed by atoms with Crippen LogP contribution in [0.4, 0.5) is 5.69 Å². The summed E-state index contributed by atoms with van der Waals surface area (Å²) in [6.07, 6.45) is 6.30. The van der Waals surface area contributed by atoms with E-state index in [4.69, 9.17) is 9.47 Å². The van der Waals surface area contributed by atoms with E-state index < -0.39 is 0 Å². The van der Waals surface area contributed by atoms with Crippen LogP contribution in [0.25, 0.3) is 0 Å². The van der Waals surface area contributed by atoms with Gasteiger partial charge in [0.1, 0.15) is 12.4 Å². The van der Waals surface area contributed by atoms with E-state index in [0.29, 0.717) is 32.4 Å². The van der Waals surface area contributed by atoms with Crippen molar-refractivity contribution in [3.05, 3.63) is 24.3 Å². The molecule has 24 heavy (non-hydrogen) atoms. The van der Waals surface area contributed by atoms with Crippen molar-refractivity contribution in [2.75, 3.05) is 38.7 Å². The van der Waals surface area contributed by atoms with Crippen molar-refractivity contribution in [3.8, 4) is 5.75 Å². The molecule has 1 fully saturated rings. The average molecular weight is 334 g/mol. The Kier molecular flexibility index (Phi) is 8.05. The highest BCUT2D eigenvalue weighted by molar-refractivity contribution is 5.92. The summed E-state index contributed by atoms with van der Waals surface area (Å²) in [5.74, 6) is 0.820. The van der Waals surface area contributed by atoms with Crippen LogP contribution < -0.4 is 10.1 Å². The Labute approximate surface area is 145 Å². The first-order valence-corrected chi connectivity index (χ1v) is 8.99. The highest BCUT2D eigenvalue weighted by Gasteiger charge is 2.19. The van der Waals surface area contributed by atoms with Crippen LogP contribution >= 0.6 is 0 Å². The molecule has 0 heterocycles. The first-order valence-electron chi connectivity index (χ1n) is 8.99. The van der Waals surface area contributed by atoms with Crippen LogP contribution in [0.1, 0.15) is 39.0 Å². The summed E-state index contributed by atoms with van der Waals surface area (Å²) in [5, 5.41) is 2.95. The van der Waals surface area contributed by atoms with Crippen molar-refractivity contribution in [1.82, 2.24) is 4.90 Å². The number of carbonyl (C=O) groups excluding carboxylic acids is 1. The van der Waals surface area contributed by atoms with Gasteiger partial charge >= 0.3 is 0 Å². The minimum Gasteiger partial charge on any atom is -0.491 e. The lowest BCUT2D eigenvalue weighted by Gasteiger charge is -2.30.